The van der Waals surface area contributed by atoms with Gasteiger partial charge in [-0.3, -0.25) is 4.79 Å². The Morgan fingerprint density at radius 3 is 2.00 bits per heavy atom. The molecule has 1 amide bonds. The van der Waals surface area contributed by atoms with Gasteiger partial charge in [0.05, 0.1) is 5.69 Å². The fourth-order valence-corrected chi connectivity index (χ4v) is 2.97. The zero-order chi connectivity index (χ0) is 14.7. The number of halogens is 2. The molecule has 2 N–H and O–H groups in total. The highest BCUT2D eigenvalue weighted by Crippen LogP contribution is 2.32. The van der Waals surface area contributed by atoms with Gasteiger partial charge in [0, 0.05) is 20.1 Å². The first-order chi connectivity index (χ1) is 8.73. The number of amides is 1. The van der Waals surface area contributed by atoms with Crippen molar-refractivity contribution in [1.82, 2.24) is 0 Å². The van der Waals surface area contributed by atoms with Gasteiger partial charge in [0.2, 0.25) is 0 Å². The summed E-state index contributed by atoms with van der Waals surface area (Å²) < 4.78 is 1.46. The second kappa shape index (κ2) is 6.34. The van der Waals surface area contributed by atoms with Crippen molar-refractivity contribution in [2.24, 2.45) is 0 Å². The first kappa shape index (κ1) is 15.9. The molecule has 0 spiro atoms. The second-order valence-corrected chi connectivity index (χ2v) is 5.82. The Bertz CT molecular complexity index is 556. The number of anilines is 1. The minimum absolute atomic E-state index is 0.0249. The van der Waals surface area contributed by atoms with Gasteiger partial charge >= 0.3 is 5.97 Å². The van der Waals surface area contributed by atoms with Gasteiger partial charge in [0.15, 0.2) is 0 Å². The lowest BCUT2D eigenvalue weighted by Crippen LogP contribution is -2.16. The maximum atomic E-state index is 12.0. The Labute approximate surface area is 128 Å². The predicted molar refractivity (Wildman–Crippen MR) is 81.2 cm³/mol. The molecule has 0 aromatic heterocycles. The van der Waals surface area contributed by atoms with Crippen LogP contribution >= 0.6 is 31.9 Å². The Morgan fingerprint density at radius 1 is 1.11 bits per heavy atom. The van der Waals surface area contributed by atoms with E-state index >= 15 is 0 Å². The van der Waals surface area contributed by atoms with Gasteiger partial charge in [-0.15, -0.1) is 0 Å². The monoisotopic (exact) mass is 389 g/mol. The summed E-state index contributed by atoms with van der Waals surface area (Å²) in [6, 6.07) is 3.73. The van der Waals surface area contributed by atoms with Crippen LogP contribution < -0.4 is 5.32 Å². The number of benzene rings is 1. The highest BCUT2D eigenvalue weighted by atomic mass is 79.9. The SMILES string of the molecule is CC(C(=O)O)=C(C)C(=O)Nc1c(Br)cc(C)cc1Br. The Hall–Kier alpha value is -1.14. The molecular weight excluding hydrogens is 378 g/mol. The third kappa shape index (κ3) is 3.91. The maximum Gasteiger partial charge on any atom is 0.331 e. The van der Waals surface area contributed by atoms with Crippen LogP contribution in [0.15, 0.2) is 32.2 Å². The summed E-state index contributed by atoms with van der Waals surface area (Å²) in [5.41, 5.74) is 1.81. The predicted octanol–water partition coefficient (Wildman–Crippen LogP) is 3.88. The summed E-state index contributed by atoms with van der Waals surface area (Å²) in [4.78, 5) is 22.8. The standard InChI is InChI=1S/C13H13Br2NO3/c1-6-4-9(14)11(10(15)5-6)16-12(17)7(2)8(3)13(18)19/h4-5H,1-3H3,(H,16,17)(H,18,19). The first-order valence-electron chi connectivity index (χ1n) is 5.41. The van der Waals surface area contributed by atoms with Crippen LogP contribution in [0, 0.1) is 6.92 Å². The van der Waals surface area contributed by atoms with Crippen molar-refractivity contribution in [1.29, 1.82) is 0 Å². The number of carboxylic acid groups (broad SMARTS) is 1. The molecule has 0 aliphatic carbocycles. The van der Waals surface area contributed by atoms with Gasteiger partial charge < -0.3 is 10.4 Å². The van der Waals surface area contributed by atoms with E-state index in [2.05, 4.69) is 37.2 Å². The second-order valence-electron chi connectivity index (χ2n) is 4.11. The molecule has 0 aliphatic heterocycles. The molecule has 1 aromatic rings. The van der Waals surface area contributed by atoms with Crippen LogP contribution in [0.25, 0.3) is 0 Å². The topological polar surface area (TPSA) is 66.4 Å². The van der Waals surface area contributed by atoms with Gasteiger partial charge in [-0.2, -0.15) is 0 Å². The van der Waals surface area contributed by atoms with Crippen LogP contribution in [0.2, 0.25) is 0 Å². The molecule has 0 saturated heterocycles. The quantitative estimate of drug-likeness (QED) is 0.769. The van der Waals surface area contributed by atoms with Crippen molar-refractivity contribution in [2.45, 2.75) is 20.8 Å². The van der Waals surface area contributed by atoms with Crippen molar-refractivity contribution in [3.8, 4) is 0 Å². The summed E-state index contributed by atoms with van der Waals surface area (Å²) in [5.74, 6) is -1.54. The van der Waals surface area contributed by atoms with Crippen LogP contribution in [0.4, 0.5) is 5.69 Å². The smallest absolute Gasteiger partial charge is 0.331 e. The van der Waals surface area contributed by atoms with E-state index in [1.165, 1.54) is 13.8 Å². The highest BCUT2D eigenvalue weighted by molar-refractivity contribution is 9.11. The Kier molecular flexibility index (Phi) is 5.31. The van der Waals surface area contributed by atoms with Gasteiger partial charge in [-0.1, -0.05) is 0 Å². The van der Waals surface area contributed by atoms with Crippen LogP contribution in [0.1, 0.15) is 19.4 Å². The molecule has 0 radical (unpaired) electrons. The largest absolute Gasteiger partial charge is 0.478 e. The molecule has 0 atom stereocenters. The molecule has 0 unspecified atom stereocenters. The van der Waals surface area contributed by atoms with E-state index in [9.17, 15) is 9.59 Å². The van der Waals surface area contributed by atoms with Crippen LogP contribution in [-0.4, -0.2) is 17.0 Å². The number of aliphatic carboxylic acids is 1. The summed E-state index contributed by atoms with van der Waals surface area (Å²) in [6.07, 6.45) is 0. The minimum atomic E-state index is -1.10. The zero-order valence-corrected chi connectivity index (χ0v) is 13.8. The molecule has 1 aromatic carbocycles. The van der Waals surface area contributed by atoms with Gasteiger partial charge in [-0.05, 0) is 70.3 Å². The van der Waals surface area contributed by atoms with E-state index in [1.54, 1.807) is 0 Å². The first-order valence-corrected chi connectivity index (χ1v) is 7.00. The number of hydrogen-bond donors (Lipinski definition) is 2. The molecule has 4 nitrogen and oxygen atoms in total. The van der Waals surface area contributed by atoms with Crippen molar-refractivity contribution in [3.63, 3.8) is 0 Å². The number of rotatable bonds is 3. The van der Waals surface area contributed by atoms with E-state index in [-0.39, 0.29) is 11.1 Å². The molecule has 6 heteroatoms. The molecule has 0 heterocycles. The minimum Gasteiger partial charge on any atom is -0.478 e. The highest BCUT2D eigenvalue weighted by Gasteiger charge is 2.15. The Balaban J connectivity index is 3.08. The van der Waals surface area contributed by atoms with Gasteiger partial charge in [0.25, 0.3) is 5.91 Å². The lowest BCUT2D eigenvalue weighted by Gasteiger charge is -2.11. The lowest BCUT2D eigenvalue weighted by molar-refractivity contribution is -0.133. The summed E-state index contributed by atoms with van der Waals surface area (Å²) >= 11 is 6.73. The van der Waals surface area contributed by atoms with E-state index in [0.717, 1.165) is 14.5 Å². The summed E-state index contributed by atoms with van der Waals surface area (Å²) in [5, 5.41) is 11.5. The van der Waals surface area contributed by atoms with E-state index < -0.39 is 11.9 Å². The molecule has 19 heavy (non-hydrogen) atoms. The van der Waals surface area contributed by atoms with E-state index in [1.807, 2.05) is 19.1 Å². The average molecular weight is 391 g/mol. The Morgan fingerprint density at radius 2 is 1.58 bits per heavy atom. The van der Waals surface area contributed by atoms with Crippen LogP contribution in [0.3, 0.4) is 0 Å². The number of carbonyl (C=O) groups is 2. The van der Waals surface area contributed by atoms with Crippen molar-refractivity contribution in [2.75, 3.05) is 5.32 Å². The number of nitrogens with one attached hydrogen (secondary N) is 1. The summed E-state index contributed by atoms with van der Waals surface area (Å²) in [6.45, 7) is 4.81. The van der Waals surface area contributed by atoms with Gasteiger partial charge in [-0.25, -0.2) is 4.79 Å². The number of aryl methyl sites for hydroxylation is 1. The van der Waals surface area contributed by atoms with Gasteiger partial charge in [0.1, 0.15) is 0 Å². The normalized spacial score (nSPS) is 11.8. The fraction of sp³-hybridized carbons (Fsp3) is 0.231. The molecule has 0 aliphatic rings. The molecule has 0 fully saturated rings. The molecular formula is C13H13Br2NO3. The molecule has 1 rings (SSSR count). The third-order valence-corrected chi connectivity index (χ3v) is 3.90. The molecule has 102 valence electrons. The fourth-order valence-electron chi connectivity index (χ4n) is 1.36. The lowest BCUT2D eigenvalue weighted by atomic mass is 10.1. The van der Waals surface area contributed by atoms with Crippen LogP contribution in [0.5, 0.6) is 0 Å². The van der Waals surface area contributed by atoms with E-state index in [4.69, 9.17) is 5.11 Å². The maximum absolute atomic E-state index is 12.0. The van der Waals surface area contributed by atoms with E-state index in [0.29, 0.717) is 5.69 Å². The average Bonchev–Trinajstić information content (AvgIpc) is 2.31. The molecule has 0 bridgehead atoms. The van der Waals surface area contributed by atoms with Crippen LogP contribution in [-0.2, 0) is 9.59 Å². The zero-order valence-electron chi connectivity index (χ0n) is 10.7. The summed E-state index contributed by atoms with van der Waals surface area (Å²) in [7, 11) is 0. The third-order valence-electron chi connectivity index (χ3n) is 2.65. The number of carbonyl (C=O) groups excluding carboxylic acids is 1. The molecule has 0 saturated carbocycles. The van der Waals surface area contributed by atoms with Crippen molar-refractivity contribution in [3.05, 3.63) is 37.8 Å². The number of carboxylic acids is 1. The van der Waals surface area contributed by atoms with Crippen molar-refractivity contribution >= 4 is 49.4 Å². The number of hydrogen-bond acceptors (Lipinski definition) is 2. The van der Waals surface area contributed by atoms with Crippen molar-refractivity contribution < 1.29 is 14.7 Å².